The minimum Gasteiger partial charge on any atom is -0.497 e. The molecule has 0 amide bonds. The number of nitrogens with zero attached hydrogens (tertiary/aromatic N) is 2. The van der Waals surface area contributed by atoms with Crippen LogP contribution in [0.4, 0.5) is 22.9 Å². The molecule has 7 nitrogen and oxygen atoms in total. The molecule has 4 N–H and O–H groups in total. The highest BCUT2D eigenvalue weighted by atomic mass is 35.5. The summed E-state index contributed by atoms with van der Waals surface area (Å²) in [5.74, 6) is 1.05. The van der Waals surface area contributed by atoms with E-state index in [2.05, 4.69) is 15.7 Å². The maximum absolute atomic E-state index is 13.4. The van der Waals surface area contributed by atoms with Crippen molar-refractivity contribution in [1.82, 2.24) is 9.78 Å². The molecular formula is C31H28ClN5O2. The van der Waals surface area contributed by atoms with Gasteiger partial charge in [-0.3, -0.25) is 4.79 Å². The van der Waals surface area contributed by atoms with Crippen LogP contribution >= 0.6 is 11.6 Å². The van der Waals surface area contributed by atoms with Gasteiger partial charge in [-0.15, -0.1) is 0 Å². The SMILES string of the molecule is COc1ccc(CNc2cccc(Nc3c(N)c(C(=O)c4ccc(C)cc4)nn3-c3ccc(Cl)cc3)c2)cc1. The number of nitrogens with two attached hydrogens (primary N) is 1. The fraction of sp³-hybridized carbons (Fsp3) is 0.0968. The van der Waals surface area contributed by atoms with Gasteiger partial charge in [0, 0.05) is 28.5 Å². The lowest BCUT2D eigenvalue weighted by Crippen LogP contribution is -2.06. The number of benzene rings is 4. The van der Waals surface area contributed by atoms with E-state index in [1.807, 2.05) is 79.7 Å². The zero-order chi connectivity index (χ0) is 27.4. The molecule has 0 aliphatic heterocycles. The maximum atomic E-state index is 13.4. The van der Waals surface area contributed by atoms with Gasteiger partial charge in [0.05, 0.1) is 12.8 Å². The minimum absolute atomic E-state index is 0.171. The second-order valence-corrected chi connectivity index (χ2v) is 9.54. The van der Waals surface area contributed by atoms with Crippen LogP contribution < -0.4 is 21.1 Å². The molecule has 8 heteroatoms. The third kappa shape index (κ3) is 5.89. The van der Waals surface area contributed by atoms with Crippen LogP contribution in [0.5, 0.6) is 5.75 Å². The topological polar surface area (TPSA) is 94.2 Å². The number of hydrogen-bond donors (Lipinski definition) is 3. The van der Waals surface area contributed by atoms with Gasteiger partial charge >= 0.3 is 0 Å². The number of carbonyl (C=O) groups is 1. The Bertz CT molecular complexity index is 1590. The standard InChI is InChI=1S/C31H28ClN5O2/c1-20-6-10-22(11-7-20)30(38)29-28(33)31(37(36-29)26-14-12-23(32)13-15-26)35-25-5-3-4-24(18-25)34-19-21-8-16-27(39-2)17-9-21/h3-18,34-35H,19,33H2,1-2H3. The normalized spacial score (nSPS) is 10.7. The lowest BCUT2D eigenvalue weighted by Gasteiger charge is -2.13. The minimum atomic E-state index is -0.252. The second kappa shape index (κ2) is 11.3. The highest BCUT2D eigenvalue weighted by Gasteiger charge is 2.23. The average Bonchev–Trinajstić information content (AvgIpc) is 3.28. The van der Waals surface area contributed by atoms with E-state index in [1.165, 1.54) is 0 Å². The largest absolute Gasteiger partial charge is 0.497 e. The van der Waals surface area contributed by atoms with E-state index < -0.39 is 0 Å². The molecule has 0 bridgehead atoms. The van der Waals surface area contributed by atoms with Gasteiger partial charge in [-0.1, -0.05) is 59.6 Å². The maximum Gasteiger partial charge on any atom is 0.215 e. The summed E-state index contributed by atoms with van der Waals surface area (Å²) < 4.78 is 6.86. The molecule has 1 heterocycles. The number of methoxy groups -OCH3 is 1. The predicted octanol–water partition coefficient (Wildman–Crippen LogP) is 7.01. The number of rotatable bonds is 9. The summed E-state index contributed by atoms with van der Waals surface area (Å²) >= 11 is 6.12. The summed E-state index contributed by atoms with van der Waals surface area (Å²) in [6, 6.07) is 30.3. The van der Waals surface area contributed by atoms with Crippen LogP contribution in [0.1, 0.15) is 27.2 Å². The van der Waals surface area contributed by atoms with Gasteiger partial charge in [0.1, 0.15) is 11.4 Å². The zero-order valence-electron chi connectivity index (χ0n) is 21.6. The lowest BCUT2D eigenvalue weighted by atomic mass is 10.1. The Labute approximate surface area is 232 Å². The number of ether oxygens (including phenoxy) is 1. The number of anilines is 4. The van der Waals surface area contributed by atoms with Gasteiger partial charge in [0.25, 0.3) is 0 Å². The van der Waals surface area contributed by atoms with Crippen molar-refractivity contribution < 1.29 is 9.53 Å². The molecule has 0 atom stereocenters. The number of hydrogen-bond acceptors (Lipinski definition) is 6. The number of halogens is 1. The first-order chi connectivity index (χ1) is 18.9. The van der Waals surface area contributed by atoms with Crippen molar-refractivity contribution in [2.75, 3.05) is 23.5 Å². The monoisotopic (exact) mass is 537 g/mol. The van der Waals surface area contributed by atoms with E-state index >= 15 is 0 Å². The number of ketones is 1. The average molecular weight is 538 g/mol. The Morgan fingerprint density at radius 2 is 1.64 bits per heavy atom. The fourth-order valence-electron chi connectivity index (χ4n) is 4.12. The third-order valence-electron chi connectivity index (χ3n) is 6.30. The summed E-state index contributed by atoms with van der Waals surface area (Å²) in [6.07, 6.45) is 0. The summed E-state index contributed by atoms with van der Waals surface area (Å²) in [7, 11) is 1.65. The van der Waals surface area contributed by atoms with Crippen molar-refractivity contribution in [3.05, 3.63) is 124 Å². The van der Waals surface area contributed by atoms with Gasteiger partial charge in [-0.2, -0.15) is 5.10 Å². The fourth-order valence-corrected chi connectivity index (χ4v) is 4.25. The van der Waals surface area contributed by atoms with Crippen LogP contribution in [-0.4, -0.2) is 22.7 Å². The molecule has 4 aromatic carbocycles. The predicted molar refractivity (Wildman–Crippen MR) is 158 cm³/mol. The van der Waals surface area contributed by atoms with E-state index in [9.17, 15) is 4.79 Å². The van der Waals surface area contributed by atoms with Crippen molar-refractivity contribution in [3.63, 3.8) is 0 Å². The van der Waals surface area contributed by atoms with E-state index in [1.54, 1.807) is 36.1 Å². The smallest absolute Gasteiger partial charge is 0.215 e. The molecule has 0 aliphatic rings. The molecule has 39 heavy (non-hydrogen) atoms. The molecule has 0 unspecified atom stereocenters. The Morgan fingerprint density at radius 1 is 0.949 bits per heavy atom. The number of aromatic nitrogens is 2. The molecule has 1 aromatic heterocycles. The third-order valence-corrected chi connectivity index (χ3v) is 6.56. The molecule has 0 saturated carbocycles. The van der Waals surface area contributed by atoms with Crippen LogP contribution in [0.3, 0.4) is 0 Å². The Morgan fingerprint density at radius 3 is 2.33 bits per heavy atom. The van der Waals surface area contributed by atoms with Crippen molar-refractivity contribution in [2.24, 2.45) is 0 Å². The number of nitrogen functional groups attached to an aromatic ring is 1. The lowest BCUT2D eigenvalue weighted by molar-refractivity contribution is 0.103. The van der Waals surface area contributed by atoms with Crippen molar-refractivity contribution in [1.29, 1.82) is 0 Å². The molecule has 5 aromatic rings. The van der Waals surface area contributed by atoms with E-state index in [4.69, 9.17) is 22.1 Å². The molecular weight excluding hydrogens is 510 g/mol. The first-order valence-corrected chi connectivity index (χ1v) is 12.8. The van der Waals surface area contributed by atoms with E-state index in [0.717, 1.165) is 28.3 Å². The van der Waals surface area contributed by atoms with Crippen molar-refractivity contribution in [3.8, 4) is 11.4 Å². The van der Waals surface area contributed by atoms with Crippen LogP contribution in [0, 0.1) is 6.92 Å². The van der Waals surface area contributed by atoms with Crippen LogP contribution in [0.25, 0.3) is 5.69 Å². The highest BCUT2D eigenvalue weighted by Crippen LogP contribution is 2.32. The Hall–Kier alpha value is -4.75. The first-order valence-electron chi connectivity index (χ1n) is 12.4. The zero-order valence-corrected chi connectivity index (χ0v) is 22.4. The molecule has 0 aliphatic carbocycles. The Kier molecular flexibility index (Phi) is 7.52. The van der Waals surface area contributed by atoms with Gasteiger partial charge in [0.2, 0.25) is 5.78 Å². The van der Waals surface area contributed by atoms with Crippen molar-refractivity contribution in [2.45, 2.75) is 13.5 Å². The summed E-state index contributed by atoms with van der Waals surface area (Å²) in [4.78, 5) is 13.4. The van der Waals surface area contributed by atoms with E-state index in [0.29, 0.717) is 28.6 Å². The van der Waals surface area contributed by atoms with E-state index in [-0.39, 0.29) is 17.2 Å². The molecule has 0 saturated heterocycles. The van der Waals surface area contributed by atoms with Crippen LogP contribution in [0.15, 0.2) is 97.1 Å². The van der Waals surface area contributed by atoms with Crippen LogP contribution in [0.2, 0.25) is 5.02 Å². The number of nitrogens with one attached hydrogen (secondary N) is 2. The highest BCUT2D eigenvalue weighted by molar-refractivity contribution is 6.30. The van der Waals surface area contributed by atoms with Crippen molar-refractivity contribution >= 4 is 40.3 Å². The molecule has 0 fully saturated rings. The summed E-state index contributed by atoms with van der Waals surface area (Å²) in [5, 5.41) is 12.0. The summed E-state index contributed by atoms with van der Waals surface area (Å²) in [5.41, 5.74) is 12.1. The van der Waals surface area contributed by atoms with Gasteiger partial charge < -0.3 is 21.1 Å². The second-order valence-electron chi connectivity index (χ2n) is 9.10. The van der Waals surface area contributed by atoms with Gasteiger partial charge in [0.15, 0.2) is 11.5 Å². The molecule has 5 rings (SSSR count). The number of aryl methyl sites for hydroxylation is 1. The van der Waals surface area contributed by atoms with Gasteiger partial charge in [-0.05, 0) is 67.1 Å². The number of carbonyl (C=O) groups excluding carboxylic acids is 1. The molecule has 0 radical (unpaired) electrons. The Balaban J connectivity index is 1.44. The molecule has 196 valence electrons. The quantitative estimate of drug-likeness (QED) is 0.175. The summed E-state index contributed by atoms with van der Waals surface area (Å²) in [6.45, 7) is 2.62. The molecule has 0 spiro atoms. The first kappa shape index (κ1) is 25.9. The van der Waals surface area contributed by atoms with Gasteiger partial charge in [-0.25, -0.2) is 4.68 Å². The van der Waals surface area contributed by atoms with Crippen LogP contribution in [-0.2, 0) is 6.54 Å².